The average molecular weight is 380 g/mol. The molecule has 1 aromatic heterocycles. The first-order chi connectivity index (χ1) is 13.6. The first-order valence-corrected chi connectivity index (χ1v) is 9.41. The highest BCUT2D eigenvalue weighted by Gasteiger charge is 2.32. The molecule has 2 heterocycles. The van der Waals surface area contributed by atoms with Crippen LogP contribution in [0.4, 0.5) is 4.79 Å². The normalized spacial score (nSPS) is 19.0. The number of para-hydroxylation sites is 2. The third-order valence-corrected chi connectivity index (χ3v) is 4.99. The summed E-state index contributed by atoms with van der Waals surface area (Å²) in [7, 11) is 0. The number of rotatable bonds is 6. The molecule has 3 aromatic rings. The van der Waals surface area contributed by atoms with Crippen LogP contribution in [0.15, 0.2) is 54.9 Å². The van der Waals surface area contributed by atoms with Crippen LogP contribution < -0.4 is 10.6 Å². The number of fused-ring (bicyclic) bond motifs is 1. The highest BCUT2D eigenvalue weighted by molar-refractivity contribution is 5.75. The molecule has 0 radical (unpaired) electrons. The van der Waals surface area contributed by atoms with Crippen LogP contribution in [0.2, 0.25) is 0 Å². The lowest BCUT2D eigenvalue weighted by molar-refractivity contribution is 0.0292. The highest BCUT2D eigenvalue weighted by atomic mass is 16.5. The minimum absolute atomic E-state index is 0.187. The second-order valence-electron chi connectivity index (χ2n) is 7.24. The number of benzene rings is 2. The van der Waals surface area contributed by atoms with Crippen LogP contribution in [-0.4, -0.2) is 46.0 Å². The topological polar surface area (TPSA) is 88.4 Å². The molecule has 0 aliphatic carbocycles. The van der Waals surface area contributed by atoms with Gasteiger partial charge < -0.3 is 25.0 Å². The molecular weight excluding hydrogens is 356 g/mol. The molecule has 28 heavy (non-hydrogen) atoms. The lowest BCUT2D eigenvalue weighted by Crippen LogP contribution is -2.46. The van der Waals surface area contributed by atoms with Gasteiger partial charge in [0.25, 0.3) is 0 Å². The van der Waals surface area contributed by atoms with Crippen molar-refractivity contribution < 1.29 is 14.6 Å². The second kappa shape index (κ2) is 8.00. The van der Waals surface area contributed by atoms with E-state index in [1.165, 1.54) is 0 Å². The number of ether oxygens (including phenoxy) is 1. The van der Waals surface area contributed by atoms with Crippen LogP contribution in [0, 0.1) is 0 Å². The summed E-state index contributed by atoms with van der Waals surface area (Å²) >= 11 is 0. The standard InChI is InChI=1S/C21H24N4O3/c26-20(23-13-21(27)8-9-28-14-21)22-11-16-4-3-5-17(10-16)12-25-15-24-18-6-1-2-7-19(18)25/h1-7,10,15,27H,8-9,11-14H2,(H2,22,23,26). The molecule has 0 saturated carbocycles. The minimum atomic E-state index is -0.954. The van der Waals surface area contributed by atoms with E-state index in [2.05, 4.69) is 38.4 Å². The van der Waals surface area contributed by atoms with Gasteiger partial charge >= 0.3 is 6.03 Å². The van der Waals surface area contributed by atoms with Crippen molar-refractivity contribution in [1.82, 2.24) is 20.2 Å². The Bertz CT molecular complexity index is 963. The van der Waals surface area contributed by atoms with Gasteiger partial charge in [-0.1, -0.05) is 36.4 Å². The number of urea groups is 1. The Morgan fingerprint density at radius 2 is 2.04 bits per heavy atom. The molecule has 1 aliphatic rings. The fourth-order valence-electron chi connectivity index (χ4n) is 3.40. The number of nitrogens with one attached hydrogen (secondary N) is 2. The summed E-state index contributed by atoms with van der Waals surface area (Å²) in [4.78, 5) is 16.4. The maximum Gasteiger partial charge on any atom is 0.315 e. The number of carbonyl (C=O) groups excluding carboxylic acids is 1. The third-order valence-electron chi connectivity index (χ3n) is 4.99. The lowest BCUT2D eigenvalue weighted by atomic mass is 10.0. The van der Waals surface area contributed by atoms with Gasteiger partial charge in [-0.25, -0.2) is 9.78 Å². The Labute approximate surface area is 163 Å². The van der Waals surface area contributed by atoms with E-state index in [0.29, 0.717) is 26.1 Å². The van der Waals surface area contributed by atoms with E-state index in [-0.39, 0.29) is 19.2 Å². The molecular formula is C21H24N4O3. The molecule has 7 heteroatoms. The van der Waals surface area contributed by atoms with Gasteiger partial charge in [0, 0.05) is 26.1 Å². The van der Waals surface area contributed by atoms with E-state index < -0.39 is 5.60 Å². The maximum absolute atomic E-state index is 12.0. The Morgan fingerprint density at radius 1 is 1.18 bits per heavy atom. The van der Waals surface area contributed by atoms with Crippen molar-refractivity contribution in [2.75, 3.05) is 19.8 Å². The van der Waals surface area contributed by atoms with Gasteiger partial charge in [0.1, 0.15) is 5.60 Å². The first kappa shape index (κ1) is 18.5. The molecule has 1 saturated heterocycles. The molecule has 1 aliphatic heterocycles. The molecule has 3 N–H and O–H groups in total. The van der Waals surface area contributed by atoms with E-state index in [1.807, 2.05) is 36.7 Å². The molecule has 2 aromatic carbocycles. The van der Waals surface area contributed by atoms with Gasteiger partial charge in [-0.05, 0) is 23.3 Å². The van der Waals surface area contributed by atoms with Crippen LogP contribution in [0.5, 0.6) is 0 Å². The predicted molar refractivity (Wildman–Crippen MR) is 106 cm³/mol. The van der Waals surface area contributed by atoms with Crippen LogP contribution in [0.3, 0.4) is 0 Å². The van der Waals surface area contributed by atoms with Crippen LogP contribution >= 0.6 is 0 Å². The number of aromatic nitrogens is 2. The highest BCUT2D eigenvalue weighted by Crippen LogP contribution is 2.17. The second-order valence-corrected chi connectivity index (χ2v) is 7.24. The van der Waals surface area contributed by atoms with Crippen molar-refractivity contribution in [3.8, 4) is 0 Å². The van der Waals surface area contributed by atoms with E-state index in [1.54, 1.807) is 0 Å². The van der Waals surface area contributed by atoms with Gasteiger partial charge in [0.15, 0.2) is 0 Å². The van der Waals surface area contributed by atoms with Crippen LogP contribution in [0.25, 0.3) is 11.0 Å². The number of amides is 2. The number of aliphatic hydroxyl groups is 1. The third kappa shape index (κ3) is 4.32. The fourth-order valence-corrected chi connectivity index (χ4v) is 3.40. The van der Waals surface area contributed by atoms with Gasteiger partial charge in [-0.2, -0.15) is 0 Å². The van der Waals surface area contributed by atoms with Crippen molar-refractivity contribution >= 4 is 17.1 Å². The van der Waals surface area contributed by atoms with Gasteiger partial charge in [-0.15, -0.1) is 0 Å². The van der Waals surface area contributed by atoms with Gasteiger partial charge in [-0.3, -0.25) is 0 Å². The molecule has 4 rings (SSSR count). The Hall–Kier alpha value is -2.90. The summed E-state index contributed by atoms with van der Waals surface area (Å²) in [5, 5.41) is 15.7. The first-order valence-electron chi connectivity index (χ1n) is 9.41. The molecule has 1 atom stereocenters. The number of carbonyl (C=O) groups is 1. The largest absolute Gasteiger partial charge is 0.386 e. The van der Waals surface area contributed by atoms with E-state index >= 15 is 0 Å². The summed E-state index contributed by atoms with van der Waals surface area (Å²) in [6.45, 7) is 2.11. The minimum Gasteiger partial charge on any atom is -0.386 e. The van der Waals surface area contributed by atoms with Crippen molar-refractivity contribution in [3.63, 3.8) is 0 Å². The predicted octanol–water partition coefficient (Wildman–Crippen LogP) is 2.04. The monoisotopic (exact) mass is 380 g/mol. The Balaban J connectivity index is 1.33. The number of imidazole rings is 1. The molecule has 1 fully saturated rings. The van der Waals surface area contributed by atoms with Crippen molar-refractivity contribution in [1.29, 1.82) is 0 Å². The van der Waals surface area contributed by atoms with E-state index in [4.69, 9.17) is 4.74 Å². The Kier molecular flexibility index (Phi) is 5.27. The fraction of sp³-hybridized carbons (Fsp3) is 0.333. The quantitative estimate of drug-likeness (QED) is 0.611. The summed E-state index contributed by atoms with van der Waals surface area (Å²) in [5.41, 5.74) is 3.27. The van der Waals surface area contributed by atoms with Crippen LogP contribution in [0.1, 0.15) is 17.5 Å². The maximum atomic E-state index is 12.0. The Morgan fingerprint density at radius 3 is 2.89 bits per heavy atom. The van der Waals surface area contributed by atoms with E-state index in [9.17, 15) is 9.90 Å². The summed E-state index contributed by atoms with van der Waals surface area (Å²) in [5.74, 6) is 0. The van der Waals surface area contributed by atoms with Crippen molar-refractivity contribution in [3.05, 3.63) is 66.0 Å². The SMILES string of the molecule is O=C(NCc1cccc(Cn2cnc3ccccc32)c1)NCC1(O)CCOC1. The van der Waals surface area contributed by atoms with Crippen LogP contribution in [-0.2, 0) is 17.8 Å². The van der Waals surface area contributed by atoms with Crippen molar-refractivity contribution in [2.45, 2.75) is 25.1 Å². The molecule has 1 unspecified atom stereocenters. The zero-order chi connectivity index (χ0) is 19.4. The summed E-state index contributed by atoms with van der Waals surface area (Å²) in [6.07, 6.45) is 2.39. The lowest BCUT2D eigenvalue weighted by Gasteiger charge is -2.20. The molecule has 0 spiro atoms. The number of nitrogens with zero attached hydrogens (tertiary/aromatic N) is 2. The van der Waals surface area contributed by atoms with Crippen molar-refractivity contribution in [2.24, 2.45) is 0 Å². The zero-order valence-corrected chi connectivity index (χ0v) is 15.6. The van der Waals surface area contributed by atoms with Gasteiger partial charge in [0.05, 0.1) is 30.5 Å². The zero-order valence-electron chi connectivity index (χ0n) is 15.6. The number of hydrogen-bond acceptors (Lipinski definition) is 4. The average Bonchev–Trinajstić information content (AvgIpc) is 3.32. The molecule has 146 valence electrons. The number of hydrogen-bond donors (Lipinski definition) is 3. The molecule has 2 amide bonds. The summed E-state index contributed by atoms with van der Waals surface area (Å²) < 4.78 is 7.29. The smallest absolute Gasteiger partial charge is 0.315 e. The summed E-state index contributed by atoms with van der Waals surface area (Å²) in [6, 6.07) is 15.9. The molecule has 7 nitrogen and oxygen atoms in total. The van der Waals surface area contributed by atoms with Gasteiger partial charge in [0.2, 0.25) is 0 Å². The van der Waals surface area contributed by atoms with E-state index in [0.717, 1.165) is 22.2 Å². The molecule has 0 bridgehead atoms.